The highest BCUT2D eigenvalue weighted by molar-refractivity contribution is 5.40. The Bertz CT molecular complexity index is 589. The van der Waals surface area contributed by atoms with Gasteiger partial charge in [-0.2, -0.15) is 0 Å². The smallest absolute Gasteiger partial charge is 0.115 e. The molecule has 4 rings (SSSR count). The number of hydrogen-bond donors (Lipinski definition) is 2. The predicted octanol–water partition coefficient (Wildman–Crippen LogP) is 6.24. The minimum Gasteiger partial charge on any atom is -0.508 e. The van der Waals surface area contributed by atoms with Gasteiger partial charge in [0.05, 0.1) is 0 Å². The van der Waals surface area contributed by atoms with Crippen LogP contribution in [0.25, 0.3) is 0 Å². The molecule has 150 valence electrons. The lowest BCUT2D eigenvalue weighted by Crippen LogP contribution is -2.38. The molecule has 0 amide bonds. The summed E-state index contributed by atoms with van der Waals surface area (Å²) in [6.45, 7) is 6.08. The Hall–Kier alpha value is -1.02. The van der Waals surface area contributed by atoms with Crippen LogP contribution in [0.5, 0.6) is 5.75 Å². The second kappa shape index (κ2) is 8.55. The summed E-state index contributed by atoms with van der Waals surface area (Å²) in [6, 6.07) is 6.48. The second-order valence-electron chi connectivity index (χ2n) is 10.1. The molecule has 0 aliphatic heterocycles. The van der Waals surface area contributed by atoms with Crippen LogP contribution in [0.3, 0.4) is 0 Å². The third kappa shape index (κ3) is 4.53. The van der Waals surface area contributed by atoms with E-state index in [0.717, 1.165) is 36.0 Å². The molecule has 0 saturated heterocycles. The molecule has 3 aliphatic carbocycles. The van der Waals surface area contributed by atoms with Crippen molar-refractivity contribution in [1.29, 1.82) is 0 Å². The van der Waals surface area contributed by atoms with Gasteiger partial charge in [0.1, 0.15) is 5.75 Å². The van der Waals surface area contributed by atoms with Crippen molar-refractivity contribution in [3.8, 4) is 5.75 Å². The highest BCUT2D eigenvalue weighted by Crippen LogP contribution is 2.42. The fourth-order valence-electron chi connectivity index (χ4n) is 6.24. The molecule has 2 fully saturated rings. The van der Waals surface area contributed by atoms with Crippen LogP contribution in [0.4, 0.5) is 0 Å². The molecule has 0 bridgehead atoms. The van der Waals surface area contributed by atoms with E-state index in [9.17, 15) is 5.11 Å². The van der Waals surface area contributed by atoms with Crippen molar-refractivity contribution < 1.29 is 5.11 Å². The van der Waals surface area contributed by atoms with Crippen molar-refractivity contribution in [2.24, 2.45) is 29.6 Å². The van der Waals surface area contributed by atoms with Crippen LogP contribution < -0.4 is 5.32 Å². The standard InChI is InChI=1S/C25H39NO/c1-17-3-7-19(8-4-17)24(20-9-5-18(2)6-10-20)16-26-25-14-11-21-15-22(27)12-13-23(21)25/h12-13,15,17-20,24-27H,3-11,14,16H2,1-2H3. The van der Waals surface area contributed by atoms with Crippen LogP contribution in [-0.2, 0) is 6.42 Å². The Morgan fingerprint density at radius 3 is 2.07 bits per heavy atom. The van der Waals surface area contributed by atoms with E-state index in [2.05, 4.69) is 25.2 Å². The number of nitrogens with one attached hydrogen (secondary N) is 1. The van der Waals surface area contributed by atoms with Gasteiger partial charge in [-0.3, -0.25) is 0 Å². The molecule has 0 heterocycles. The van der Waals surface area contributed by atoms with Crippen LogP contribution in [0.2, 0.25) is 0 Å². The third-order valence-electron chi connectivity index (χ3n) is 8.14. The Morgan fingerprint density at radius 2 is 1.48 bits per heavy atom. The van der Waals surface area contributed by atoms with E-state index < -0.39 is 0 Å². The zero-order valence-electron chi connectivity index (χ0n) is 17.4. The van der Waals surface area contributed by atoms with Gasteiger partial charge in [-0.05, 0) is 97.9 Å². The molecule has 1 aromatic rings. The zero-order chi connectivity index (χ0) is 18.8. The molecule has 0 spiro atoms. The molecule has 2 heteroatoms. The first-order chi connectivity index (χ1) is 13.1. The Morgan fingerprint density at radius 1 is 0.889 bits per heavy atom. The number of aryl methyl sites for hydroxylation is 1. The van der Waals surface area contributed by atoms with E-state index in [4.69, 9.17) is 0 Å². The third-order valence-corrected chi connectivity index (χ3v) is 8.14. The molecular weight excluding hydrogens is 330 g/mol. The topological polar surface area (TPSA) is 32.3 Å². The van der Waals surface area contributed by atoms with Crippen molar-refractivity contribution in [1.82, 2.24) is 5.32 Å². The SMILES string of the molecule is CC1CCC(C(CNC2CCc3cc(O)ccc32)C2CCC(C)CC2)CC1. The summed E-state index contributed by atoms with van der Waals surface area (Å²) in [5, 5.41) is 13.8. The summed E-state index contributed by atoms with van der Waals surface area (Å²) in [7, 11) is 0. The van der Waals surface area contributed by atoms with Gasteiger partial charge >= 0.3 is 0 Å². The van der Waals surface area contributed by atoms with Crippen molar-refractivity contribution in [3.05, 3.63) is 29.3 Å². The summed E-state index contributed by atoms with van der Waals surface area (Å²) in [5.74, 6) is 5.04. The van der Waals surface area contributed by atoms with Crippen molar-refractivity contribution in [2.45, 2.75) is 84.1 Å². The molecule has 0 aromatic heterocycles. The number of aromatic hydroxyl groups is 1. The lowest BCUT2D eigenvalue weighted by Gasteiger charge is -2.40. The van der Waals surface area contributed by atoms with E-state index in [1.165, 1.54) is 75.5 Å². The lowest BCUT2D eigenvalue weighted by molar-refractivity contribution is 0.113. The van der Waals surface area contributed by atoms with Gasteiger partial charge in [-0.15, -0.1) is 0 Å². The number of phenolic OH excluding ortho intramolecular Hbond substituents is 1. The highest BCUT2D eigenvalue weighted by atomic mass is 16.3. The Kier molecular flexibility index (Phi) is 6.12. The molecular formula is C25H39NO. The molecule has 0 radical (unpaired) electrons. The lowest BCUT2D eigenvalue weighted by atomic mass is 9.67. The van der Waals surface area contributed by atoms with Gasteiger partial charge in [0.25, 0.3) is 0 Å². The molecule has 1 unspecified atom stereocenters. The highest BCUT2D eigenvalue weighted by Gasteiger charge is 2.34. The van der Waals surface area contributed by atoms with Crippen LogP contribution in [0.1, 0.15) is 88.8 Å². The monoisotopic (exact) mass is 369 g/mol. The molecule has 2 N–H and O–H groups in total. The van der Waals surface area contributed by atoms with Crippen molar-refractivity contribution in [3.63, 3.8) is 0 Å². The van der Waals surface area contributed by atoms with Gasteiger partial charge in [-0.25, -0.2) is 0 Å². The summed E-state index contributed by atoms with van der Waals surface area (Å²) in [5.41, 5.74) is 2.78. The first kappa shape index (κ1) is 19.3. The maximum Gasteiger partial charge on any atom is 0.115 e. The minimum absolute atomic E-state index is 0.417. The van der Waals surface area contributed by atoms with E-state index >= 15 is 0 Å². The molecule has 3 aliphatic rings. The number of hydrogen-bond acceptors (Lipinski definition) is 2. The average molecular weight is 370 g/mol. The number of phenols is 1. The van der Waals surface area contributed by atoms with E-state index in [-0.39, 0.29) is 0 Å². The minimum atomic E-state index is 0.417. The van der Waals surface area contributed by atoms with Gasteiger partial charge in [0.15, 0.2) is 0 Å². The fraction of sp³-hybridized carbons (Fsp3) is 0.760. The fourth-order valence-corrected chi connectivity index (χ4v) is 6.24. The normalized spacial score (nSPS) is 35.0. The molecule has 2 saturated carbocycles. The number of fused-ring (bicyclic) bond motifs is 1. The van der Waals surface area contributed by atoms with Crippen LogP contribution in [-0.4, -0.2) is 11.7 Å². The van der Waals surface area contributed by atoms with Gasteiger partial charge in [0.2, 0.25) is 0 Å². The molecule has 1 atom stereocenters. The maximum atomic E-state index is 9.76. The Labute approximate surface area is 166 Å². The number of rotatable bonds is 5. The van der Waals surface area contributed by atoms with Crippen molar-refractivity contribution in [2.75, 3.05) is 6.54 Å². The van der Waals surface area contributed by atoms with E-state index in [1.807, 2.05) is 12.1 Å². The summed E-state index contributed by atoms with van der Waals surface area (Å²) >= 11 is 0. The quantitative estimate of drug-likeness (QED) is 0.644. The largest absolute Gasteiger partial charge is 0.508 e. The second-order valence-corrected chi connectivity index (χ2v) is 10.1. The van der Waals surface area contributed by atoms with Crippen LogP contribution >= 0.6 is 0 Å². The molecule has 27 heavy (non-hydrogen) atoms. The molecule has 1 aromatic carbocycles. The number of benzene rings is 1. The van der Waals surface area contributed by atoms with E-state index in [0.29, 0.717) is 11.8 Å². The maximum absolute atomic E-state index is 9.76. The van der Waals surface area contributed by atoms with Gasteiger partial charge in [0, 0.05) is 6.04 Å². The van der Waals surface area contributed by atoms with Crippen LogP contribution in [0.15, 0.2) is 18.2 Å². The Balaban J connectivity index is 1.42. The van der Waals surface area contributed by atoms with E-state index in [1.54, 1.807) is 0 Å². The van der Waals surface area contributed by atoms with Crippen LogP contribution in [0, 0.1) is 29.6 Å². The summed E-state index contributed by atoms with van der Waals surface area (Å²) in [6.07, 6.45) is 13.9. The average Bonchev–Trinajstić information content (AvgIpc) is 3.06. The van der Waals surface area contributed by atoms with Crippen molar-refractivity contribution >= 4 is 0 Å². The molecule has 2 nitrogen and oxygen atoms in total. The summed E-state index contributed by atoms with van der Waals surface area (Å²) in [4.78, 5) is 0. The zero-order valence-corrected chi connectivity index (χ0v) is 17.4. The van der Waals surface area contributed by atoms with Gasteiger partial charge in [-0.1, -0.05) is 45.6 Å². The van der Waals surface area contributed by atoms with Gasteiger partial charge < -0.3 is 10.4 Å². The first-order valence-electron chi connectivity index (χ1n) is 11.6. The predicted molar refractivity (Wildman–Crippen MR) is 113 cm³/mol. The first-order valence-corrected chi connectivity index (χ1v) is 11.6. The summed E-state index contributed by atoms with van der Waals surface area (Å²) < 4.78 is 0.